The van der Waals surface area contributed by atoms with E-state index in [4.69, 9.17) is 11.2 Å². The lowest BCUT2D eigenvalue weighted by atomic mass is 10.00. The fourth-order valence-electron chi connectivity index (χ4n) is 3.43. The van der Waals surface area contributed by atoms with Gasteiger partial charge in [-0.3, -0.25) is 19.3 Å². The van der Waals surface area contributed by atoms with Crippen molar-refractivity contribution in [2.75, 3.05) is 13.7 Å². The van der Waals surface area contributed by atoms with E-state index in [0.29, 0.717) is 5.56 Å². The minimum Gasteiger partial charge on any atom is -0.468 e. The molecule has 0 aromatic heterocycles. The van der Waals surface area contributed by atoms with E-state index in [1.807, 2.05) is 13.0 Å². The number of benzene rings is 2. The third-order valence-corrected chi connectivity index (χ3v) is 5.18. The highest BCUT2D eigenvalue weighted by atomic mass is 16.6. The van der Waals surface area contributed by atoms with Gasteiger partial charge in [-0.25, -0.2) is 4.79 Å². The number of carbonyl (C=O) groups is 4. The summed E-state index contributed by atoms with van der Waals surface area (Å²) in [7, 11) is 1.19. The normalized spacial score (nSPS) is 12.3. The predicted molar refractivity (Wildman–Crippen MR) is 138 cm³/mol. The molecular formula is C28H33N3O6. The van der Waals surface area contributed by atoms with Crippen LogP contribution in [0.4, 0.5) is 4.79 Å². The van der Waals surface area contributed by atoms with Crippen molar-refractivity contribution < 1.29 is 28.7 Å². The highest BCUT2D eigenvalue weighted by molar-refractivity contribution is 5.94. The van der Waals surface area contributed by atoms with Crippen LogP contribution in [0.1, 0.15) is 43.5 Å². The van der Waals surface area contributed by atoms with Crippen LogP contribution < -0.4 is 10.6 Å². The van der Waals surface area contributed by atoms with Gasteiger partial charge in [-0.15, -0.1) is 0 Å². The van der Waals surface area contributed by atoms with Gasteiger partial charge in [0.15, 0.2) is 0 Å². The van der Waals surface area contributed by atoms with Gasteiger partial charge in [-0.2, -0.15) is 0 Å². The molecule has 0 aliphatic heterocycles. The summed E-state index contributed by atoms with van der Waals surface area (Å²) in [4.78, 5) is 52.2. The zero-order valence-corrected chi connectivity index (χ0v) is 21.7. The molecule has 0 saturated carbocycles. The van der Waals surface area contributed by atoms with E-state index < -0.39 is 48.1 Å². The van der Waals surface area contributed by atoms with E-state index in [9.17, 15) is 19.2 Å². The number of carbonyl (C=O) groups excluding carboxylic acids is 4. The zero-order chi connectivity index (χ0) is 27.6. The quantitative estimate of drug-likeness (QED) is 0.307. The molecule has 9 nitrogen and oxygen atoms in total. The molecule has 0 fully saturated rings. The Kier molecular flexibility index (Phi) is 10.3. The molecular weight excluding hydrogens is 474 g/mol. The topological polar surface area (TPSA) is 114 Å². The first-order valence-electron chi connectivity index (χ1n) is 11.7. The number of hydrogen-bond acceptors (Lipinski definition) is 6. The maximum absolute atomic E-state index is 13.8. The average Bonchev–Trinajstić information content (AvgIpc) is 2.85. The van der Waals surface area contributed by atoms with Crippen LogP contribution in [0, 0.1) is 19.4 Å². The van der Waals surface area contributed by atoms with Crippen molar-refractivity contribution in [1.29, 1.82) is 0 Å². The minimum absolute atomic E-state index is 0.0987. The van der Waals surface area contributed by atoms with E-state index >= 15 is 0 Å². The summed E-state index contributed by atoms with van der Waals surface area (Å²) in [6.07, 6.45) is 5.06. The lowest BCUT2D eigenvalue weighted by Gasteiger charge is -2.30. The number of aryl methyl sites for hydroxylation is 1. The zero-order valence-electron chi connectivity index (χ0n) is 21.7. The lowest BCUT2D eigenvalue weighted by Crippen LogP contribution is -2.52. The molecule has 2 aromatic carbocycles. The molecule has 196 valence electrons. The average molecular weight is 508 g/mol. The lowest BCUT2D eigenvalue weighted by molar-refractivity contribution is -0.142. The fraction of sp³-hybridized carbons (Fsp3) is 0.357. The van der Waals surface area contributed by atoms with Crippen LogP contribution >= 0.6 is 0 Å². The second-order valence-electron chi connectivity index (χ2n) is 9.33. The molecule has 0 saturated heterocycles. The largest absolute Gasteiger partial charge is 0.468 e. The maximum Gasteiger partial charge on any atom is 0.408 e. The number of esters is 1. The van der Waals surface area contributed by atoms with Crippen LogP contribution in [-0.4, -0.2) is 54.1 Å². The first kappa shape index (κ1) is 28.9. The van der Waals surface area contributed by atoms with Gasteiger partial charge in [0, 0.05) is 12.5 Å². The molecule has 0 heterocycles. The molecule has 0 bridgehead atoms. The van der Waals surface area contributed by atoms with Gasteiger partial charge in [0.25, 0.3) is 5.91 Å². The number of hydrogen-bond donors (Lipinski definition) is 2. The van der Waals surface area contributed by atoms with E-state index in [0.717, 1.165) is 16.0 Å². The molecule has 2 atom stereocenters. The molecule has 2 unspecified atom stereocenters. The van der Waals surface area contributed by atoms with Gasteiger partial charge in [0.2, 0.25) is 5.91 Å². The summed E-state index contributed by atoms with van der Waals surface area (Å²) in [6.45, 7) is 6.57. The molecule has 0 spiro atoms. The number of amides is 3. The number of terminal acetylenes is 1. The van der Waals surface area contributed by atoms with Crippen molar-refractivity contribution in [2.45, 2.75) is 51.8 Å². The summed E-state index contributed by atoms with van der Waals surface area (Å²) in [6, 6.07) is 15.8. The molecule has 0 aliphatic carbocycles. The first-order valence-corrected chi connectivity index (χ1v) is 11.7. The highest BCUT2D eigenvalue weighted by Crippen LogP contribution is 2.23. The minimum atomic E-state index is -1.28. The van der Waals surface area contributed by atoms with Crippen molar-refractivity contribution in [3.8, 4) is 12.5 Å². The molecule has 37 heavy (non-hydrogen) atoms. The number of rotatable bonds is 9. The molecule has 2 N–H and O–H groups in total. The summed E-state index contributed by atoms with van der Waals surface area (Å²) in [5.41, 5.74) is 1.32. The van der Waals surface area contributed by atoms with Gasteiger partial charge in [0.1, 0.15) is 24.2 Å². The van der Waals surface area contributed by atoms with Gasteiger partial charge in [-0.05, 0) is 38.8 Å². The second-order valence-corrected chi connectivity index (χ2v) is 9.33. The molecule has 3 amide bonds. The van der Waals surface area contributed by atoms with Crippen LogP contribution in [0.3, 0.4) is 0 Å². The molecule has 0 aliphatic rings. The van der Waals surface area contributed by atoms with Crippen LogP contribution in [0.2, 0.25) is 0 Å². The van der Waals surface area contributed by atoms with Gasteiger partial charge in [-0.1, -0.05) is 66.6 Å². The molecule has 0 radical (unpaired) electrons. The van der Waals surface area contributed by atoms with Gasteiger partial charge >= 0.3 is 12.1 Å². The Morgan fingerprint density at radius 1 is 1.03 bits per heavy atom. The van der Waals surface area contributed by atoms with E-state index in [-0.39, 0.29) is 6.42 Å². The second kappa shape index (κ2) is 13.1. The van der Waals surface area contributed by atoms with E-state index in [1.54, 1.807) is 69.3 Å². The summed E-state index contributed by atoms with van der Waals surface area (Å²) >= 11 is 0. The maximum atomic E-state index is 13.8. The Bertz CT molecular complexity index is 1130. The summed E-state index contributed by atoms with van der Waals surface area (Å²) < 4.78 is 9.94. The molecule has 2 rings (SSSR count). The SMILES string of the molecule is C#CN(C(=O)C(Cc1ccccc1)NC(=O)OC(C)(C)C)C(C(=O)NCC(=O)OC)c1ccc(C)cc1. The predicted octanol–water partition coefficient (Wildman–Crippen LogP) is 2.88. The standard InChI is InChI=1S/C28H33N3O6/c1-7-31(24(21-15-13-19(2)14-16-21)25(33)29-18-23(32)36-6)26(34)22(17-20-11-9-8-10-12-20)30-27(35)37-28(3,4)5/h1,8-16,22,24H,17-18H2,2-6H3,(H,29,33)(H,30,35). The number of methoxy groups -OCH3 is 1. The van der Waals surface area contributed by atoms with Crippen molar-refractivity contribution in [3.63, 3.8) is 0 Å². The molecule has 2 aromatic rings. The van der Waals surface area contributed by atoms with Crippen LogP contribution in [0.5, 0.6) is 0 Å². The van der Waals surface area contributed by atoms with E-state index in [2.05, 4.69) is 21.4 Å². The number of nitrogens with one attached hydrogen (secondary N) is 2. The Hall–Kier alpha value is -4.32. The Morgan fingerprint density at radius 3 is 2.19 bits per heavy atom. The van der Waals surface area contributed by atoms with Crippen molar-refractivity contribution in [1.82, 2.24) is 15.5 Å². The Labute approximate surface area is 217 Å². The van der Waals surface area contributed by atoms with Crippen molar-refractivity contribution >= 4 is 23.9 Å². The number of ether oxygens (including phenoxy) is 2. The number of nitrogens with zero attached hydrogens (tertiary/aromatic N) is 1. The Balaban J connectivity index is 2.45. The highest BCUT2D eigenvalue weighted by Gasteiger charge is 2.36. The smallest absolute Gasteiger partial charge is 0.408 e. The van der Waals surface area contributed by atoms with E-state index in [1.165, 1.54) is 7.11 Å². The summed E-state index contributed by atoms with van der Waals surface area (Å²) in [5.74, 6) is -2.05. The summed E-state index contributed by atoms with van der Waals surface area (Å²) in [5, 5.41) is 5.06. The van der Waals surface area contributed by atoms with Crippen molar-refractivity contribution in [3.05, 3.63) is 71.3 Å². The third kappa shape index (κ3) is 9.00. The van der Waals surface area contributed by atoms with Gasteiger partial charge < -0.3 is 20.1 Å². The fourth-order valence-corrected chi connectivity index (χ4v) is 3.43. The molecule has 9 heteroatoms. The van der Waals surface area contributed by atoms with Crippen molar-refractivity contribution in [2.24, 2.45) is 0 Å². The Morgan fingerprint density at radius 2 is 1.65 bits per heavy atom. The first-order chi connectivity index (χ1) is 17.4. The van der Waals surface area contributed by atoms with Crippen LogP contribution in [-0.2, 0) is 30.3 Å². The monoisotopic (exact) mass is 507 g/mol. The third-order valence-electron chi connectivity index (χ3n) is 5.18. The van der Waals surface area contributed by atoms with Crippen LogP contribution in [0.15, 0.2) is 54.6 Å². The van der Waals surface area contributed by atoms with Gasteiger partial charge in [0.05, 0.1) is 7.11 Å². The van der Waals surface area contributed by atoms with Crippen LogP contribution in [0.25, 0.3) is 0 Å². The number of alkyl carbamates (subject to hydrolysis) is 1.